The number of halogens is 3. The Hall–Kier alpha value is -2.53. The van der Waals surface area contributed by atoms with Crippen molar-refractivity contribution < 1.29 is 22.3 Å². The number of alkyl halides is 1. The highest BCUT2D eigenvalue weighted by molar-refractivity contribution is 7.89. The van der Waals surface area contributed by atoms with Gasteiger partial charge in [0.25, 0.3) is 0 Å². The zero-order chi connectivity index (χ0) is 27.0. The number of nitrogens with two attached hydrogens (primary N) is 1. The Balaban J connectivity index is 1.75. The highest BCUT2D eigenvalue weighted by atomic mass is 35.5. The van der Waals surface area contributed by atoms with Crippen LogP contribution in [0.1, 0.15) is 32.1 Å². The van der Waals surface area contributed by atoms with E-state index in [0.717, 1.165) is 0 Å². The number of anilines is 1. The molecule has 0 aromatic heterocycles. The molecule has 0 amide bonds. The highest BCUT2D eigenvalue weighted by Gasteiger charge is 2.28. The van der Waals surface area contributed by atoms with Crippen LogP contribution in [-0.4, -0.2) is 45.0 Å². The van der Waals surface area contributed by atoms with Gasteiger partial charge in [0.15, 0.2) is 11.5 Å². The monoisotopic (exact) mass is 572 g/mol. The maximum absolute atomic E-state index is 13.5. The number of sulfonamides is 1. The fourth-order valence-corrected chi connectivity index (χ4v) is 5.91. The van der Waals surface area contributed by atoms with Crippen molar-refractivity contribution in [3.05, 3.63) is 76.9 Å². The Kier molecular flexibility index (Phi) is 10.5. The van der Waals surface area contributed by atoms with Crippen molar-refractivity contribution in [1.82, 2.24) is 4.72 Å². The normalized spacial score (nSPS) is 22.6. The first kappa shape index (κ1) is 29.0. The van der Waals surface area contributed by atoms with E-state index in [1.54, 1.807) is 12.2 Å². The molecule has 0 atom stereocenters. The average Bonchev–Trinajstić information content (AvgIpc) is 2.86. The molecule has 0 bridgehead atoms. The van der Waals surface area contributed by atoms with E-state index >= 15 is 0 Å². The Labute approximate surface area is 227 Å². The summed E-state index contributed by atoms with van der Waals surface area (Å²) in [6, 6.07) is 4.05. The number of hydrogen-bond acceptors (Lipinski definition) is 7. The van der Waals surface area contributed by atoms with Crippen LogP contribution >= 0.6 is 23.2 Å². The minimum atomic E-state index is -3.35. The maximum atomic E-state index is 13.5. The van der Waals surface area contributed by atoms with Crippen molar-refractivity contribution >= 4 is 44.6 Å². The predicted octanol–water partition coefficient (Wildman–Crippen LogP) is 4.95. The van der Waals surface area contributed by atoms with Crippen LogP contribution in [0.4, 0.5) is 10.1 Å². The molecule has 1 aromatic carbocycles. The van der Waals surface area contributed by atoms with Gasteiger partial charge in [-0.1, -0.05) is 18.2 Å². The number of ether oxygens (including phenoxy) is 2. The lowest BCUT2D eigenvalue weighted by atomic mass is 9.93. The summed E-state index contributed by atoms with van der Waals surface area (Å²) in [5.74, 6) is 0.959. The largest absolute Gasteiger partial charge is 0.493 e. The van der Waals surface area contributed by atoms with E-state index < -0.39 is 15.8 Å². The van der Waals surface area contributed by atoms with Crippen molar-refractivity contribution in [3.63, 3.8) is 0 Å². The van der Waals surface area contributed by atoms with Crippen molar-refractivity contribution in [2.45, 2.75) is 44.2 Å². The summed E-state index contributed by atoms with van der Waals surface area (Å²) in [4.78, 5) is 4.29. The van der Waals surface area contributed by atoms with E-state index in [9.17, 15) is 12.8 Å². The summed E-state index contributed by atoms with van der Waals surface area (Å²) in [6.07, 6.45) is 7.67. The second kappa shape index (κ2) is 13.3. The van der Waals surface area contributed by atoms with Gasteiger partial charge in [-0.05, 0) is 56.4 Å². The molecule has 8 nitrogen and oxygen atoms in total. The van der Waals surface area contributed by atoms with E-state index in [0.29, 0.717) is 66.5 Å². The zero-order valence-electron chi connectivity index (χ0n) is 20.5. The fraction of sp³-hybridized carbons (Fsp3) is 0.400. The van der Waals surface area contributed by atoms with E-state index in [1.165, 1.54) is 31.5 Å². The van der Waals surface area contributed by atoms with Gasteiger partial charge >= 0.3 is 0 Å². The van der Waals surface area contributed by atoms with Crippen LogP contribution in [0.5, 0.6) is 0 Å². The lowest BCUT2D eigenvalue weighted by molar-refractivity contribution is 0.0665. The van der Waals surface area contributed by atoms with Crippen molar-refractivity contribution in [2.24, 2.45) is 10.7 Å². The number of hydrogen-bond donors (Lipinski definition) is 3. The molecule has 1 saturated carbocycles. The fourth-order valence-electron chi connectivity index (χ4n) is 4.05. The van der Waals surface area contributed by atoms with E-state index in [1.807, 2.05) is 0 Å². The maximum Gasteiger partial charge on any atom is 0.211 e. The van der Waals surface area contributed by atoms with Crippen molar-refractivity contribution in [3.8, 4) is 0 Å². The van der Waals surface area contributed by atoms with Crippen LogP contribution in [0.15, 0.2) is 71.0 Å². The molecule has 0 heterocycles. The minimum absolute atomic E-state index is 0.0189. The smallest absolute Gasteiger partial charge is 0.211 e. The molecule has 202 valence electrons. The minimum Gasteiger partial charge on any atom is -0.493 e. The Morgan fingerprint density at radius 3 is 2.62 bits per heavy atom. The summed E-state index contributed by atoms with van der Waals surface area (Å²) in [6.45, 7) is 3.66. The van der Waals surface area contributed by atoms with Gasteiger partial charge in [-0.3, -0.25) is 4.99 Å². The van der Waals surface area contributed by atoms with Crippen molar-refractivity contribution in [1.29, 1.82) is 0 Å². The molecule has 2 aliphatic rings. The first-order chi connectivity index (χ1) is 17.7. The molecular formula is C25H31Cl2FN4O4S. The van der Waals surface area contributed by atoms with Gasteiger partial charge in [-0.25, -0.2) is 17.5 Å². The number of allylic oxidation sites excluding steroid dienone is 3. The van der Waals surface area contributed by atoms with Gasteiger partial charge in [0, 0.05) is 35.5 Å². The molecule has 3 rings (SSSR count). The molecular weight excluding hydrogens is 542 g/mol. The van der Waals surface area contributed by atoms with E-state index in [2.05, 4.69) is 21.6 Å². The summed E-state index contributed by atoms with van der Waals surface area (Å²) < 4.78 is 52.5. The van der Waals surface area contributed by atoms with Gasteiger partial charge < -0.3 is 20.5 Å². The summed E-state index contributed by atoms with van der Waals surface area (Å²) in [5, 5.41) is 2.98. The standard InChI is InChI=1S/C25H31Cl2FN4O4S/c1-3-30-22-15-23(35-2)24(14-19(22)25(29)31-17-7-10-21(28)20(27)13-17)36-18-8-5-16(6-9-18)32-37(33,34)12-4-11-26/h3,7,10,13-16,18,31-32H,1,4-6,8-9,11-12,29H2,2H3/b25-19+,30-22-/t16-,18-. The Morgan fingerprint density at radius 1 is 1.27 bits per heavy atom. The van der Waals surface area contributed by atoms with E-state index in [4.69, 9.17) is 38.4 Å². The van der Waals surface area contributed by atoms with Crippen LogP contribution in [0, 0.1) is 5.82 Å². The third kappa shape index (κ3) is 8.23. The SMILES string of the molecule is C=C/N=C1/C=C(OC)C(O[C@H]2CC[C@H](NS(=O)(=O)CCCCl)CC2)=C/C1=C(/N)Nc1ccc(F)c(Cl)c1. The predicted molar refractivity (Wildman–Crippen MR) is 146 cm³/mol. The lowest BCUT2D eigenvalue weighted by Gasteiger charge is -2.31. The van der Waals surface area contributed by atoms with E-state index in [-0.39, 0.29) is 28.7 Å². The lowest BCUT2D eigenvalue weighted by Crippen LogP contribution is -2.40. The van der Waals surface area contributed by atoms with Gasteiger partial charge in [0.2, 0.25) is 10.0 Å². The average molecular weight is 574 g/mol. The Bertz CT molecular complexity index is 1220. The molecule has 0 saturated heterocycles. The molecule has 2 aliphatic carbocycles. The van der Waals surface area contributed by atoms with Gasteiger partial charge in [-0.15, -0.1) is 11.6 Å². The first-order valence-electron chi connectivity index (χ1n) is 11.8. The van der Waals surface area contributed by atoms with Crippen LogP contribution in [0.3, 0.4) is 0 Å². The molecule has 1 aromatic rings. The number of nitrogens with one attached hydrogen (secondary N) is 2. The van der Waals surface area contributed by atoms with Crippen LogP contribution < -0.4 is 15.8 Å². The third-order valence-corrected chi connectivity index (χ3v) is 7.94. The third-order valence-electron chi connectivity index (χ3n) is 5.86. The topological polar surface area (TPSA) is 115 Å². The quantitative estimate of drug-likeness (QED) is 0.323. The van der Waals surface area contributed by atoms with Crippen LogP contribution in [0.25, 0.3) is 0 Å². The molecule has 1 fully saturated rings. The zero-order valence-corrected chi connectivity index (χ0v) is 22.8. The molecule has 37 heavy (non-hydrogen) atoms. The highest BCUT2D eigenvalue weighted by Crippen LogP contribution is 2.30. The second-order valence-electron chi connectivity index (χ2n) is 8.57. The first-order valence-corrected chi connectivity index (χ1v) is 14.3. The number of benzene rings is 1. The molecule has 0 unspecified atom stereocenters. The van der Waals surface area contributed by atoms with Gasteiger partial charge in [0.1, 0.15) is 11.6 Å². The summed E-state index contributed by atoms with van der Waals surface area (Å²) >= 11 is 11.5. The van der Waals surface area contributed by atoms with Crippen molar-refractivity contribution in [2.75, 3.05) is 24.1 Å². The molecule has 0 aliphatic heterocycles. The molecule has 0 spiro atoms. The summed E-state index contributed by atoms with van der Waals surface area (Å²) in [5.41, 5.74) is 7.87. The number of aliphatic imine (C=N–C) groups is 1. The second-order valence-corrected chi connectivity index (χ2v) is 11.2. The molecule has 12 heteroatoms. The van der Waals surface area contributed by atoms with Crippen LogP contribution in [0.2, 0.25) is 5.02 Å². The molecule has 4 N–H and O–H groups in total. The van der Waals surface area contributed by atoms with Crippen LogP contribution in [-0.2, 0) is 19.5 Å². The summed E-state index contributed by atoms with van der Waals surface area (Å²) in [7, 11) is -1.83. The Morgan fingerprint density at radius 2 is 2.00 bits per heavy atom. The molecule has 0 radical (unpaired) electrons. The van der Waals surface area contributed by atoms with Gasteiger partial charge in [0.05, 0.1) is 29.7 Å². The number of nitrogens with zero attached hydrogens (tertiary/aromatic N) is 1. The number of rotatable bonds is 11. The van der Waals surface area contributed by atoms with Gasteiger partial charge in [-0.2, -0.15) is 0 Å². The number of methoxy groups -OCH3 is 1.